The lowest BCUT2D eigenvalue weighted by atomic mass is 9.86. The van der Waals surface area contributed by atoms with Crippen LogP contribution in [0.2, 0.25) is 0 Å². The van der Waals surface area contributed by atoms with E-state index in [4.69, 9.17) is 4.74 Å². The number of aromatic nitrogens is 1. The molecule has 1 fully saturated rings. The molecule has 0 amide bonds. The topological polar surface area (TPSA) is 51.5 Å². The Labute approximate surface area is 104 Å². The van der Waals surface area contributed by atoms with Crippen molar-refractivity contribution in [1.29, 1.82) is 0 Å². The van der Waals surface area contributed by atoms with E-state index in [1.165, 1.54) is 34.7 Å². The normalized spacial score (nSPS) is 21.9. The fourth-order valence-electron chi connectivity index (χ4n) is 2.65. The van der Waals surface area contributed by atoms with E-state index in [9.17, 15) is 9.90 Å². The number of hydrogen-bond donors (Lipinski definition) is 1. The van der Waals surface area contributed by atoms with Crippen molar-refractivity contribution < 1.29 is 9.84 Å². The molecule has 0 atom stereocenters. The van der Waals surface area contributed by atoms with Crippen molar-refractivity contribution in [3.8, 4) is 0 Å². The van der Waals surface area contributed by atoms with Gasteiger partial charge in [0.2, 0.25) is 0 Å². The summed E-state index contributed by atoms with van der Waals surface area (Å²) in [7, 11) is 0. The Morgan fingerprint density at radius 1 is 1.35 bits per heavy atom. The third kappa shape index (κ3) is 1.86. The van der Waals surface area contributed by atoms with Crippen molar-refractivity contribution in [2.45, 2.75) is 32.2 Å². The summed E-state index contributed by atoms with van der Waals surface area (Å²) in [5, 5.41) is 9.44. The van der Waals surface area contributed by atoms with Gasteiger partial charge in [0.25, 0.3) is 0 Å². The molecular weight excluding hydrogens is 238 g/mol. The highest BCUT2D eigenvalue weighted by atomic mass is 32.1. The number of aliphatic hydroxyl groups excluding tert-OH is 1. The zero-order valence-electron chi connectivity index (χ0n) is 9.78. The predicted octanol–water partition coefficient (Wildman–Crippen LogP) is 0.797. The maximum Gasteiger partial charge on any atom is 0.307 e. The molecule has 1 aliphatic heterocycles. The van der Waals surface area contributed by atoms with Crippen LogP contribution in [0.3, 0.4) is 0 Å². The largest absolute Gasteiger partial charge is 0.396 e. The Balaban J connectivity index is 1.92. The molecule has 0 saturated carbocycles. The van der Waals surface area contributed by atoms with Gasteiger partial charge in [0, 0.05) is 17.1 Å². The van der Waals surface area contributed by atoms with Crippen LogP contribution in [0.15, 0.2) is 4.79 Å². The SMILES string of the molecule is O=c1sc2c(n1CC1(CO)COC1)CCCC2. The summed E-state index contributed by atoms with van der Waals surface area (Å²) in [6.45, 7) is 1.86. The number of nitrogens with zero attached hydrogens (tertiary/aromatic N) is 1. The molecule has 2 heterocycles. The molecule has 17 heavy (non-hydrogen) atoms. The molecule has 5 heteroatoms. The predicted molar refractivity (Wildman–Crippen MR) is 65.6 cm³/mol. The molecule has 1 aromatic heterocycles. The van der Waals surface area contributed by atoms with E-state index in [0.717, 1.165) is 12.8 Å². The summed E-state index contributed by atoms with van der Waals surface area (Å²) < 4.78 is 7.08. The second kappa shape index (κ2) is 4.23. The van der Waals surface area contributed by atoms with E-state index in [1.54, 1.807) is 0 Å². The monoisotopic (exact) mass is 255 g/mol. The van der Waals surface area contributed by atoms with Gasteiger partial charge in [-0.05, 0) is 25.7 Å². The highest BCUT2D eigenvalue weighted by molar-refractivity contribution is 7.09. The minimum absolute atomic E-state index is 0.101. The van der Waals surface area contributed by atoms with Crippen LogP contribution < -0.4 is 4.87 Å². The lowest BCUT2D eigenvalue weighted by Crippen LogP contribution is -2.50. The maximum absolute atomic E-state index is 12.0. The Hall–Kier alpha value is -0.650. The van der Waals surface area contributed by atoms with Gasteiger partial charge in [-0.3, -0.25) is 4.79 Å². The number of fused-ring (bicyclic) bond motifs is 1. The highest BCUT2D eigenvalue weighted by Crippen LogP contribution is 2.31. The zero-order valence-corrected chi connectivity index (χ0v) is 10.6. The highest BCUT2D eigenvalue weighted by Gasteiger charge is 2.39. The van der Waals surface area contributed by atoms with Crippen LogP contribution in [0.1, 0.15) is 23.4 Å². The summed E-state index contributed by atoms with van der Waals surface area (Å²) in [6.07, 6.45) is 4.42. The first-order valence-corrected chi connectivity index (χ1v) is 6.96. The van der Waals surface area contributed by atoms with Gasteiger partial charge >= 0.3 is 4.87 Å². The Bertz CT molecular complexity index is 467. The minimum atomic E-state index is -0.212. The lowest BCUT2D eigenvalue weighted by Gasteiger charge is -2.40. The number of aliphatic hydroxyl groups is 1. The minimum Gasteiger partial charge on any atom is -0.396 e. The molecule has 3 rings (SSSR count). The summed E-state index contributed by atoms with van der Waals surface area (Å²) in [4.78, 5) is 13.4. The van der Waals surface area contributed by atoms with Crippen molar-refractivity contribution in [3.63, 3.8) is 0 Å². The van der Waals surface area contributed by atoms with Gasteiger partial charge in [-0.1, -0.05) is 11.3 Å². The molecule has 1 N–H and O–H groups in total. The quantitative estimate of drug-likeness (QED) is 0.869. The molecule has 1 aromatic rings. The van der Waals surface area contributed by atoms with E-state index in [0.29, 0.717) is 19.8 Å². The average molecular weight is 255 g/mol. The standard InChI is InChI=1S/C12H17NO3S/c14-6-12(7-16-8-12)5-13-9-3-1-2-4-10(9)17-11(13)15/h14H,1-8H2. The van der Waals surface area contributed by atoms with Gasteiger partial charge in [0.1, 0.15) is 0 Å². The second-order valence-electron chi connectivity index (χ2n) is 5.18. The molecule has 4 nitrogen and oxygen atoms in total. The molecule has 2 aliphatic rings. The van der Waals surface area contributed by atoms with Crippen LogP contribution in [0.5, 0.6) is 0 Å². The van der Waals surface area contributed by atoms with E-state index in [1.807, 2.05) is 4.57 Å². The van der Waals surface area contributed by atoms with Crippen LogP contribution in [-0.2, 0) is 24.1 Å². The number of thiazole rings is 1. The van der Waals surface area contributed by atoms with Crippen LogP contribution in [0.25, 0.3) is 0 Å². The summed E-state index contributed by atoms with van der Waals surface area (Å²) in [5.41, 5.74) is 1.00. The van der Waals surface area contributed by atoms with Crippen LogP contribution in [0.4, 0.5) is 0 Å². The Morgan fingerprint density at radius 3 is 2.76 bits per heavy atom. The molecule has 0 radical (unpaired) electrons. The number of ether oxygens (including phenoxy) is 1. The summed E-state index contributed by atoms with van der Waals surface area (Å²) in [6, 6.07) is 0. The molecule has 94 valence electrons. The van der Waals surface area contributed by atoms with Crippen LogP contribution in [-0.4, -0.2) is 29.5 Å². The second-order valence-corrected chi connectivity index (χ2v) is 6.23. The molecule has 0 unspecified atom stereocenters. The van der Waals surface area contributed by atoms with Crippen molar-refractivity contribution in [3.05, 3.63) is 20.2 Å². The third-order valence-electron chi connectivity index (χ3n) is 3.79. The van der Waals surface area contributed by atoms with E-state index in [-0.39, 0.29) is 16.9 Å². The van der Waals surface area contributed by atoms with Crippen LogP contribution >= 0.6 is 11.3 Å². The maximum atomic E-state index is 12.0. The van der Waals surface area contributed by atoms with Gasteiger partial charge < -0.3 is 14.4 Å². The fourth-order valence-corrected chi connectivity index (χ4v) is 3.72. The first-order chi connectivity index (χ1) is 8.24. The summed E-state index contributed by atoms with van der Waals surface area (Å²) in [5.74, 6) is 0. The van der Waals surface area contributed by atoms with Crippen molar-refractivity contribution in [1.82, 2.24) is 4.57 Å². The van der Waals surface area contributed by atoms with Crippen molar-refractivity contribution >= 4 is 11.3 Å². The smallest absolute Gasteiger partial charge is 0.307 e. The zero-order chi connectivity index (χ0) is 11.9. The first-order valence-electron chi connectivity index (χ1n) is 6.14. The Kier molecular flexibility index (Phi) is 2.84. The van der Waals surface area contributed by atoms with Gasteiger partial charge in [0.15, 0.2) is 0 Å². The van der Waals surface area contributed by atoms with Crippen molar-refractivity contribution in [2.75, 3.05) is 19.8 Å². The molecule has 0 bridgehead atoms. The molecular formula is C12H17NO3S. The van der Waals surface area contributed by atoms with E-state index >= 15 is 0 Å². The van der Waals surface area contributed by atoms with E-state index in [2.05, 4.69) is 0 Å². The van der Waals surface area contributed by atoms with Crippen molar-refractivity contribution in [2.24, 2.45) is 5.41 Å². The first kappa shape index (κ1) is 11.4. The van der Waals surface area contributed by atoms with Gasteiger partial charge in [0.05, 0.1) is 25.2 Å². The molecule has 0 spiro atoms. The fraction of sp³-hybridized carbons (Fsp3) is 0.750. The Morgan fingerprint density at radius 2 is 2.12 bits per heavy atom. The van der Waals surface area contributed by atoms with Gasteiger partial charge in [-0.2, -0.15) is 0 Å². The number of rotatable bonds is 3. The molecule has 0 aromatic carbocycles. The third-order valence-corrected chi connectivity index (χ3v) is 4.87. The summed E-state index contributed by atoms with van der Waals surface area (Å²) >= 11 is 1.39. The number of hydrogen-bond acceptors (Lipinski definition) is 4. The number of aryl methyl sites for hydroxylation is 1. The van der Waals surface area contributed by atoms with Crippen LogP contribution in [0, 0.1) is 5.41 Å². The molecule has 1 aliphatic carbocycles. The molecule has 1 saturated heterocycles. The average Bonchev–Trinajstić information content (AvgIpc) is 2.60. The van der Waals surface area contributed by atoms with Gasteiger partial charge in [-0.25, -0.2) is 0 Å². The van der Waals surface area contributed by atoms with E-state index < -0.39 is 0 Å². The van der Waals surface area contributed by atoms with Gasteiger partial charge in [-0.15, -0.1) is 0 Å². The lowest BCUT2D eigenvalue weighted by molar-refractivity contribution is -0.145.